The molecule has 1 amide bonds. The number of hydrogen-bond donors (Lipinski definition) is 0. The summed E-state index contributed by atoms with van der Waals surface area (Å²) in [5.74, 6) is -0.375. The normalized spacial score (nSPS) is 15.9. The lowest BCUT2D eigenvalue weighted by atomic mass is 9.97. The van der Waals surface area contributed by atoms with Crippen molar-refractivity contribution in [2.45, 2.75) is 19.4 Å². The van der Waals surface area contributed by atoms with Crippen LogP contribution in [0.4, 0.5) is 5.13 Å². The number of halogens is 1. The highest BCUT2D eigenvalue weighted by atomic mass is 35.5. The van der Waals surface area contributed by atoms with Gasteiger partial charge in [-0.3, -0.25) is 14.5 Å². The maximum atomic E-state index is 13.4. The van der Waals surface area contributed by atoms with Crippen molar-refractivity contribution in [3.05, 3.63) is 85.7 Å². The molecule has 2 aromatic heterocycles. The molecule has 8 heteroatoms. The lowest BCUT2D eigenvalue weighted by molar-refractivity contribution is 0.0970. The van der Waals surface area contributed by atoms with E-state index >= 15 is 0 Å². The third-order valence-electron chi connectivity index (χ3n) is 5.09. The molecule has 0 saturated heterocycles. The van der Waals surface area contributed by atoms with Gasteiger partial charge in [-0.15, -0.1) is 10.2 Å². The average Bonchev–Trinajstić information content (AvgIpc) is 3.35. The predicted octanol–water partition coefficient (Wildman–Crippen LogP) is 4.61. The summed E-state index contributed by atoms with van der Waals surface area (Å²) in [5, 5.41) is 9.11. The molecular formula is C21H14ClN3O3S. The molecule has 0 aliphatic carbocycles. The first-order valence-corrected chi connectivity index (χ1v) is 10.3. The highest BCUT2D eigenvalue weighted by Crippen LogP contribution is 2.41. The molecule has 0 radical (unpaired) electrons. The van der Waals surface area contributed by atoms with Gasteiger partial charge in [-0.2, -0.15) is 0 Å². The van der Waals surface area contributed by atoms with Crippen LogP contribution in [-0.4, -0.2) is 16.1 Å². The maximum Gasteiger partial charge on any atom is 0.297 e. The van der Waals surface area contributed by atoms with Crippen LogP contribution in [0.1, 0.15) is 40.2 Å². The molecule has 1 atom stereocenters. The predicted molar refractivity (Wildman–Crippen MR) is 112 cm³/mol. The number of fused-ring (bicyclic) bond motifs is 2. The quantitative estimate of drug-likeness (QED) is 0.481. The van der Waals surface area contributed by atoms with Crippen LogP contribution >= 0.6 is 22.9 Å². The minimum Gasteiger partial charge on any atom is -0.450 e. The van der Waals surface area contributed by atoms with Gasteiger partial charge < -0.3 is 4.42 Å². The average molecular weight is 424 g/mol. The highest BCUT2D eigenvalue weighted by molar-refractivity contribution is 7.13. The smallest absolute Gasteiger partial charge is 0.297 e. The van der Waals surface area contributed by atoms with Gasteiger partial charge in [-0.05, 0) is 35.7 Å². The fraction of sp³-hybridized carbons (Fsp3) is 0.143. The van der Waals surface area contributed by atoms with E-state index in [-0.39, 0.29) is 11.2 Å². The second-order valence-electron chi connectivity index (χ2n) is 6.71. The largest absolute Gasteiger partial charge is 0.450 e. The molecule has 5 rings (SSSR count). The van der Waals surface area contributed by atoms with E-state index < -0.39 is 11.9 Å². The number of rotatable bonds is 3. The van der Waals surface area contributed by atoms with E-state index in [9.17, 15) is 9.59 Å². The Morgan fingerprint density at radius 1 is 1.17 bits per heavy atom. The Hall–Kier alpha value is -3.03. The molecule has 2 aromatic carbocycles. The van der Waals surface area contributed by atoms with E-state index in [0.717, 1.165) is 17.5 Å². The monoisotopic (exact) mass is 423 g/mol. The highest BCUT2D eigenvalue weighted by Gasteiger charge is 2.44. The van der Waals surface area contributed by atoms with Crippen LogP contribution in [-0.2, 0) is 6.42 Å². The molecule has 3 heterocycles. The third kappa shape index (κ3) is 2.77. The zero-order valence-electron chi connectivity index (χ0n) is 15.3. The standard InChI is InChI=1S/C21H14ClN3O3S/c1-2-11-3-5-12(6-4-11)17-16-18(26)14-9-13(22)7-8-15(14)28-19(16)20(27)25(17)21-24-23-10-29-21/h3-10,17H,2H2,1H3. The zero-order chi connectivity index (χ0) is 20.1. The molecule has 0 spiro atoms. The van der Waals surface area contributed by atoms with Crippen LogP contribution in [0.3, 0.4) is 0 Å². The first-order chi connectivity index (χ1) is 14.1. The van der Waals surface area contributed by atoms with Crippen molar-refractivity contribution in [1.82, 2.24) is 10.2 Å². The number of anilines is 1. The van der Waals surface area contributed by atoms with Crippen molar-refractivity contribution in [3.63, 3.8) is 0 Å². The molecule has 1 aliphatic heterocycles. The lowest BCUT2D eigenvalue weighted by Gasteiger charge is -2.22. The Labute approximate surface area is 174 Å². The van der Waals surface area contributed by atoms with E-state index in [0.29, 0.717) is 26.7 Å². The number of carbonyl (C=O) groups excluding carboxylic acids is 1. The summed E-state index contributed by atoms with van der Waals surface area (Å²) in [6.07, 6.45) is 0.895. The van der Waals surface area contributed by atoms with Gasteiger partial charge in [0.1, 0.15) is 11.1 Å². The van der Waals surface area contributed by atoms with Gasteiger partial charge in [0.05, 0.1) is 17.0 Å². The van der Waals surface area contributed by atoms with E-state index in [2.05, 4.69) is 17.1 Å². The van der Waals surface area contributed by atoms with Gasteiger partial charge in [0.25, 0.3) is 5.91 Å². The van der Waals surface area contributed by atoms with Gasteiger partial charge in [-0.1, -0.05) is 54.1 Å². The zero-order valence-corrected chi connectivity index (χ0v) is 16.8. The van der Waals surface area contributed by atoms with Crippen molar-refractivity contribution in [2.24, 2.45) is 0 Å². The van der Waals surface area contributed by atoms with E-state index in [1.807, 2.05) is 24.3 Å². The lowest BCUT2D eigenvalue weighted by Crippen LogP contribution is -2.29. The van der Waals surface area contributed by atoms with E-state index in [4.69, 9.17) is 16.0 Å². The second kappa shape index (κ2) is 6.79. The Morgan fingerprint density at radius 2 is 1.97 bits per heavy atom. The van der Waals surface area contributed by atoms with E-state index in [1.54, 1.807) is 23.7 Å². The molecule has 0 bridgehead atoms. The Morgan fingerprint density at radius 3 is 2.66 bits per heavy atom. The SMILES string of the molecule is CCc1ccc(C2c3c(oc4ccc(Cl)cc4c3=O)C(=O)N2c2nncs2)cc1. The van der Waals surface area contributed by atoms with Crippen molar-refractivity contribution >= 4 is 44.9 Å². The number of amides is 1. The van der Waals surface area contributed by atoms with Gasteiger partial charge in [0.15, 0.2) is 5.43 Å². The van der Waals surface area contributed by atoms with Crippen LogP contribution in [0.5, 0.6) is 0 Å². The maximum absolute atomic E-state index is 13.4. The van der Waals surface area contributed by atoms with Crippen molar-refractivity contribution in [3.8, 4) is 0 Å². The third-order valence-corrected chi connectivity index (χ3v) is 6.01. The van der Waals surface area contributed by atoms with Crippen LogP contribution in [0.2, 0.25) is 5.02 Å². The number of nitrogens with zero attached hydrogens (tertiary/aromatic N) is 3. The fourth-order valence-corrected chi connectivity index (χ4v) is 4.42. The summed E-state index contributed by atoms with van der Waals surface area (Å²) in [4.78, 5) is 28.2. The number of aryl methyl sites for hydroxylation is 1. The summed E-state index contributed by atoms with van der Waals surface area (Å²) in [5.41, 5.74) is 3.87. The number of hydrogen-bond acceptors (Lipinski definition) is 6. The summed E-state index contributed by atoms with van der Waals surface area (Å²) < 4.78 is 5.88. The van der Waals surface area contributed by atoms with Crippen molar-refractivity contribution < 1.29 is 9.21 Å². The summed E-state index contributed by atoms with van der Waals surface area (Å²) in [6.45, 7) is 2.07. The molecule has 4 aromatic rings. The Balaban J connectivity index is 1.80. The minimum absolute atomic E-state index is 0.0320. The molecule has 0 saturated carbocycles. The number of benzene rings is 2. The van der Waals surface area contributed by atoms with Gasteiger partial charge >= 0.3 is 0 Å². The van der Waals surface area contributed by atoms with Crippen molar-refractivity contribution in [2.75, 3.05) is 4.90 Å². The molecule has 29 heavy (non-hydrogen) atoms. The Bertz CT molecular complexity index is 1300. The molecule has 6 nitrogen and oxygen atoms in total. The number of aromatic nitrogens is 2. The molecule has 1 aliphatic rings. The van der Waals surface area contributed by atoms with E-state index in [1.165, 1.54) is 16.2 Å². The second-order valence-corrected chi connectivity index (χ2v) is 7.96. The molecule has 0 N–H and O–H groups in total. The van der Waals surface area contributed by atoms with Crippen molar-refractivity contribution in [1.29, 1.82) is 0 Å². The van der Waals surface area contributed by atoms with Crippen LogP contribution in [0.15, 0.2) is 57.2 Å². The van der Waals surface area contributed by atoms with Crippen LogP contribution < -0.4 is 10.3 Å². The van der Waals surface area contributed by atoms with Crippen LogP contribution in [0.25, 0.3) is 11.0 Å². The fourth-order valence-electron chi connectivity index (χ4n) is 3.67. The molecular weight excluding hydrogens is 410 g/mol. The summed E-state index contributed by atoms with van der Waals surface area (Å²) >= 11 is 7.32. The summed E-state index contributed by atoms with van der Waals surface area (Å²) in [7, 11) is 0. The first kappa shape index (κ1) is 18.0. The van der Waals surface area contributed by atoms with Gasteiger partial charge in [0.2, 0.25) is 10.9 Å². The van der Waals surface area contributed by atoms with Gasteiger partial charge in [-0.25, -0.2) is 0 Å². The topological polar surface area (TPSA) is 76.3 Å². The summed E-state index contributed by atoms with van der Waals surface area (Å²) in [6, 6.07) is 12.0. The first-order valence-electron chi connectivity index (χ1n) is 9.03. The Kier molecular flexibility index (Phi) is 4.22. The minimum atomic E-state index is -0.643. The van der Waals surface area contributed by atoms with Gasteiger partial charge in [0, 0.05) is 5.02 Å². The number of carbonyl (C=O) groups is 1. The van der Waals surface area contributed by atoms with Crippen LogP contribution in [0, 0.1) is 0 Å². The molecule has 144 valence electrons. The molecule has 0 fully saturated rings. The molecule has 1 unspecified atom stereocenters.